The van der Waals surface area contributed by atoms with Gasteiger partial charge in [-0.15, -0.1) is 11.3 Å². The Morgan fingerprint density at radius 2 is 1.09 bits per heavy atom. The zero-order valence-electron chi connectivity index (χ0n) is 18.9. The Kier molecular flexibility index (Phi) is 4.33. The van der Waals surface area contributed by atoms with Crippen molar-refractivity contribution in [1.82, 2.24) is 0 Å². The highest BCUT2D eigenvalue weighted by Gasteiger charge is 2.15. The first-order valence-electron chi connectivity index (χ1n) is 11.7. The maximum absolute atomic E-state index is 2.36. The summed E-state index contributed by atoms with van der Waals surface area (Å²) in [6, 6.07) is 42.2. The third-order valence-corrected chi connectivity index (χ3v) is 8.28. The fraction of sp³-hybridized carbons (Fsp3) is 0.0303. The van der Waals surface area contributed by atoms with E-state index in [2.05, 4.69) is 122 Å². The highest BCUT2D eigenvalue weighted by molar-refractivity contribution is 7.23. The molecule has 6 aromatic carbocycles. The maximum Gasteiger partial charge on any atom is 0.0427 e. The van der Waals surface area contributed by atoms with Gasteiger partial charge in [0.25, 0.3) is 0 Å². The number of fused-ring (bicyclic) bond motifs is 6. The fourth-order valence-corrected chi connectivity index (χ4v) is 6.65. The van der Waals surface area contributed by atoms with Crippen LogP contribution in [0.25, 0.3) is 64.0 Å². The van der Waals surface area contributed by atoms with E-state index in [0.29, 0.717) is 0 Å². The highest BCUT2D eigenvalue weighted by atomic mass is 32.1. The van der Waals surface area contributed by atoms with Crippen LogP contribution in [0.4, 0.5) is 0 Å². The van der Waals surface area contributed by atoms with E-state index in [9.17, 15) is 0 Å². The first kappa shape index (κ1) is 19.5. The number of hydrogen-bond acceptors (Lipinski definition) is 1. The molecule has 0 saturated heterocycles. The number of rotatable bonds is 2. The summed E-state index contributed by atoms with van der Waals surface area (Å²) in [4.78, 5) is 1.33. The van der Waals surface area contributed by atoms with E-state index in [1.165, 1.54) is 69.5 Å². The van der Waals surface area contributed by atoms with Gasteiger partial charge in [0.1, 0.15) is 0 Å². The number of benzene rings is 6. The molecule has 7 aromatic rings. The van der Waals surface area contributed by atoms with Crippen LogP contribution in [0.15, 0.2) is 115 Å². The molecule has 0 saturated carbocycles. The normalized spacial score (nSPS) is 11.7. The van der Waals surface area contributed by atoms with E-state index < -0.39 is 0 Å². The summed E-state index contributed by atoms with van der Waals surface area (Å²) in [5, 5.41) is 9.18. The number of thiophene rings is 1. The van der Waals surface area contributed by atoms with E-state index in [1.54, 1.807) is 0 Å². The molecule has 0 fully saturated rings. The van der Waals surface area contributed by atoms with Crippen LogP contribution in [0, 0.1) is 6.92 Å². The molecule has 160 valence electrons. The molecule has 0 aliphatic rings. The molecule has 0 N–H and O–H groups in total. The molecular formula is C33H22S. The molecule has 1 aromatic heterocycles. The van der Waals surface area contributed by atoms with Crippen LogP contribution in [0.5, 0.6) is 0 Å². The summed E-state index contributed by atoms with van der Waals surface area (Å²) >= 11 is 1.90. The third kappa shape index (κ3) is 2.91. The molecule has 34 heavy (non-hydrogen) atoms. The quantitative estimate of drug-likeness (QED) is 0.230. The van der Waals surface area contributed by atoms with Crippen molar-refractivity contribution in [3.63, 3.8) is 0 Å². The van der Waals surface area contributed by atoms with Gasteiger partial charge in [-0.25, -0.2) is 0 Å². The highest BCUT2D eigenvalue weighted by Crippen LogP contribution is 2.42. The van der Waals surface area contributed by atoms with Crippen LogP contribution in [0.2, 0.25) is 0 Å². The SMILES string of the molecule is Cc1c(-c2cc3ccc4ccccc4c3s2)cccc1-c1cc2ccccc2c2ccccc12. The van der Waals surface area contributed by atoms with Crippen molar-refractivity contribution in [2.24, 2.45) is 0 Å². The average Bonchev–Trinajstić information content (AvgIpc) is 3.33. The van der Waals surface area contributed by atoms with Crippen LogP contribution in [-0.4, -0.2) is 0 Å². The molecule has 0 unspecified atom stereocenters. The lowest BCUT2D eigenvalue weighted by molar-refractivity contribution is 1.47. The zero-order valence-corrected chi connectivity index (χ0v) is 19.7. The summed E-state index contributed by atoms with van der Waals surface area (Å²) in [5.41, 5.74) is 5.26. The Morgan fingerprint density at radius 1 is 0.441 bits per heavy atom. The molecule has 0 amide bonds. The second kappa shape index (κ2) is 7.55. The molecule has 7 rings (SSSR count). The van der Waals surface area contributed by atoms with Gasteiger partial charge in [0.15, 0.2) is 0 Å². The minimum atomic E-state index is 1.29. The Balaban J connectivity index is 1.48. The van der Waals surface area contributed by atoms with Crippen molar-refractivity contribution in [3.8, 4) is 21.6 Å². The van der Waals surface area contributed by atoms with E-state index in [-0.39, 0.29) is 0 Å². The Labute approximate surface area is 202 Å². The third-order valence-electron chi connectivity index (χ3n) is 7.07. The van der Waals surface area contributed by atoms with Crippen molar-refractivity contribution < 1.29 is 0 Å². The van der Waals surface area contributed by atoms with Crippen LogP contribution < -0.4 is 0 Å². The maximum atomic E-state index is 2.36. The van der Waals surface area contributed by atoms with Crippen LogP contribution >= 0.6 is 11.3 Å². The van der Waals surface area contributed by atoms with Crippen LogP contribution in [0.3, 0.4) is 0 Å². The van der Waals surface area contributed by atoms with Gasteiger partial charge in [-0.05, 0) is 79.0 Å². The summed E-state index contributed by atoms with van der Waals surface area (Å²) in [5.74, 6) is 0. The summed E-state index contributed by atoms with van der Waals surface area (Å²) in [7, 11) is 0. The van der Waals surface area contributed by atoms with Gasteiger partial charge in [-0.3, -0.25) is 0 Å². The van der Waals surface area contributed by atoms with Gasteiger partial charge in [0, 0.05) is 9.58 Å². The van der Waals surface area contributed by atoms with Crippen molar-refractivity contribution in [3.05, 3.63) is 121 Å². The molecule has 0 aliphatic heterocycles. The fourth-order valence-electron chi connectivity index (χ4n) is 5.37. The van der Waals surface area contributed by atoms with Gasteiger partial charge in [0.05, 0.1) is 0 Å². The molecule has 1 heterocycles. The summed E-state index contributed by atoms with van der Waals surface area (Å²) in [6.07, 6.45) is 0. The molecule has 0 atom stereocenters. The molecule has 0 bridgehead atoms. The smallest absolute Gasteiger partial charge is 0.0427 e. The molecule has 1 heteroatoms. The second-order valence-electron chi connectivity index (χ2n) is 8.98. The standard InChI is InChI=1S/C33H22S/c1-21-25(31-19-23-10-3-4-11-27(23)29-13-6-7-14-30(29)31)15-8-16-26(21)32-20-24-18-17-22-9-2-5-12-28(22)33(24)34-32/h2-20H,1H3. The van der Waals surface area contributed by atoms with Gasteiger partial charge < -0.3 is 0 Å². The topological polar surface area (TPSA) is 0 Å². The van der Waals surface area contributed by atoms with Crippen molar-refractivity contribution in [1.29, 1.82) is 0 Å². The Morgan fingerprint density at radius 3 is 1.94 bits per heavy atom. The van der Waals surface area contributed by atoms with Crippen molar-refractivity contribution in [2.45, 2.75) is 6.92 Å². The first-order chi connectivity index (χ1) is 16.8. The largest absolute Gasteiger partial charge is 0.135 e. The van der Waals surface area contributed by atoms with E-state index >= 15 is 0 Å². The van der Waals surface area contributed by atoms with E-state index in [0.717, 1.165) is 0 Å². The minimum Gasteiger partial charge on any atom is -0.135 e. The van der Waals surface area contributed by atoms with Gasteiger partial charge in [0.2, 0.25) is 0 Å². The lowest BCUT2D eigenvalue weighted by atomic mass is 9.89. The molecular weight excluding hydrogens is 428 g/mol. The summed E-state index contributed by atoms with van der Waals surface area (Å²) < 4.78 is 1.37. The average molecular weight is 451 g/mol. The lowest BCUT2D eigenvalue weighted by Gasteiger charge is -2.15. The first-order valence-corrected chi connectivity index (χ1v) is 12.5. The van der Waals surface area contributed by atoms with Crippen LogP contribution in [0.1, 0.15) is 5.56 Å². The van der Waals surface area contributed by atoms with Crippen molar-refractivity contribution >= 4 is 53.7 Å². The lowest BCUT2D eigenvalue weighted by Crippen LogP contribution is -1.89. The monoisotopic (exact) mass is 450 g/mol. The van der Waals surface area contributed by atoms with E-state index in [4.69, 9.17) is 0 Å². The predicted octanol–water partition coefficient (Wildman–Crippen LogP) is 10.0. The second-order valence-corrected chi connectivity index (χ2v) is 10.0. The van der Waals surface area contributed by atoms with Gasteiger partial charge in [-0.1, -0.05) is 103 Å². The number of hydrogen-bond donors (Lipinski definition) is 0. The molecule has 0 radical (unpaired) electrons. The molecule has 0 nitrogen and oxygen atoms in total. The minimum absolute atomic E-state index is 1.29. The van der Waals surface area contributed by atoms with Gasteiger partial charge >= 0.3 is 0 Å². The van der Waals surface area contributed by atoms with Crippen LogP contribution in [-0.2, 0) is 0 Å². The predicted molar refractivity (Wildman–Crippen MR) is 150 cm³/mol. The molecule has 0 spiro atoms. The van der Waals surface area contributed by atoms with E-state index in [1.807, 2.05) is 11.3 Å². The summed E-state index contributed by atoms with van der Waals surface area (Å²) in [6.45, 7) is 2.27. The van der Waals surface area contributed by atoms with Gasteiger partial charge in [-0.2, -0.15) is 0 Å². The molecule has 0 aliphatic carbocycles. The Hall–Kier alpha value is -3.94. The Bertz CT molecular complexity index is 1870. The van der Waals surface area contributed by atoms with Crippen molar-refractivity contribution in [2.75, 3.05) is 0 Å². The zero-order chi connectivity index (χ0) is 22.6.